The van der Waals surface area contributed by atoms with Gasteiger partial charge < -0.3 is 14.8 Å². The molecule has 7 nitrogen and oxygen atoms in total. The highest BCUT2D eigenvalue weighted by atomic mass is 32.2. The predicted octanol–water partition coefficient (Wildman–Crippen LogP) is 2.70. The van der Waals surface area contributed by atoms with Crippen LogP contribution in [-0.2, 0) is 11.3 Å². The van der Waals surface area contributed by atoms with Crippen LogP contribution in [0.25, 0.3) is 0 Å². The molecule has 3 heterocycles. The average Bonchev–Trinajstić information content (AvgIpc) is 3.36. The number of rotatable bonds is 3. The molecule has 0 aliphatic carbocycles. The van der Waals surface area contributed by atoms with E-state index in [0.717, 1.165) is 17.5 Å². The minimum Gasteiger partial charge on any atom is -0.324 e. The summed E-state index contributed by atoms with van der Waals surface area (Å²) < 4.78 is 16.6. The van der Waals surface area contributed by atoms with E-state index < -0.39 is 23.8 Å². The van der Waals surface area contributed by atoms with Crippen molar-refractivity contribution in [1.82, 2.24) is 14.9 Å². The van der Waals surface area contributed by atoms with Gasteiger partial charge in [0.05, 0.1) is 11.4 Å². The molecule has 2 aromatic carbocycles. The van der Waals surface area contributed by atoms with Crippen LogP contribution in [0.4, 0.5) is 10.1 Å². The van der Waals surface area contributed by atoms with Gasteiger partial charge in [0, 0.05) is 36.7 Å². The van der Waals surface area contributed by atoms with Crippen molar-refractivity contribution in [2.75, 3.05) is 17.7 Å². The van der Waals surface area contributed by atoms with Crippen LogP contribution in [0.5, 0.6) is 0 Å². The number of aryl methyl sites for hydroxylation is 1. The number of fused-ring (bicyclic) bond motifs is 2. The Morgan fingerprint density at radius 3 is 2.68 bits per heavy atom. The van der Waals surface area contributed by atoms with Crippen LogP contribution >= 0.6 is 11.8 Å². The maximum atomic E-state index is 14.7. The summed E-state index contributed by atoms with van der Waals surface area (Å²) in [5, 5.41) is 3.45. The molecule has 156 valence electrons. The zero-order chi connectivity index (χ0) is 21.5. The summed E-state index contributed by atoms with van der Waals surface area (Å²) in [6.45, 7) is 0.788. The number of aromatic nitrogens is 2. The van der Waals surface area contributed by atoms with Crippen LogP contribution in [0.3, 0.4) is 0 Å². The Morgan fingerprint density at radius 1 is 1.16 bits per heavy atom. The fourth-order valence-electron chi connectivity index (χ4n) is 3.70. The number of anilines is 1. The number of benzodiazepines with no additional fused rings is 1. The van der Waals surface area contributed by atoms with Gasteiger partial charge in [0.15, 0.2) is 5.16 Å². The molecular formula is C22H18FN5O2S. The van der Waals surface area contributed by atoms with Crippen LogP contribution in [0.15, 0.2) is 64.9 Å². The lowest BCUT2D eigenvalue weighted by Gasteiger charge is -2.20. The predicted molar refractivity (Wildman–Crippen MR) is 116 cm³/mol. The van der Waals surface area contributed by atoms with Crippen molar-refractivity contribution in [3.05, 3.63) is 77.4 Å². The molecule has 31 heavy (non-hydrogen) atoms. The molecular weight excluding hydrogens is 417 g/mol. The zero-order valence-electron chi connectivity index (χ0n) is 16.6. The second-order valence-electron chi connectivity index (χ2n) is 7.20. The second-order valence-corrected chi connectivity index (χ2v) is 8.26. The van der Waals surface area contributed by atoms with Crippen LogP contribution < -0.4 is 10.2 Å². The van der Waals surface area contributed by atoms with Gasteiger partial charge in [-0.25, -0.2) is 14.4 Å². The first kappa shape index (κ1) is 19.5. The lowest BCUT2D eigenvalue weighted by molar-refractivity contribution is -0.119. The molecule has 5 rings (SSSR count). The third kappa shape index (κ3) is 3.40. The highest BCUT2D eigenvalue weighted by Crippen LogP contribution is 2.28. The number of amides is 2. The molecule has 9 heteroatoms. The normalized spacial score (nSPS) is 17.6. The smallest absolute Gasteiger partial charge is 0.273 e. The number of halogens is 1. The van der Waals surface area contributed by atoms with Gasteiger partial charge in [0.1, 0.15) is 11.5 Å². The Balaban J connectivity index is 1.56. The van der Waals surface area contributed by atoms with E-state index in [-0.39, 0.29) is 11.3 Å². The monoisotopic (exact) mass is 435 g/mol. The first-order valence-electron chi connectivity index (χ1n) is 9.73. The van der Waals surface area contributed by atoms with Crippen molar-refractivity contribution < 1.29 is 14.0 Å². The molecule has 2 aliphatic heterocycles. The van der Waals surface area contributed by atoms with Crippen LogP contribution in [-0.4, -0.2) is 46.0 Å². The van der Waals surface area contributed by atoms with Crippen LogP contribution in [0.1, 0.15) is 21.6 Å². The van der Waals surface area contributed by atoms with E-state index in [1.165, 1.54) is 11.0 Å². The topological polar surface area (TPSA) is 79.6 Å². The number of nitrogens with one attached hydrogen (secondary N) is 1. The quantitative estimate of drug-likeness (QED) is 0.686. The molecule has 0 bridgehead atoms. The minimum atomic E-state index is -1.22. The molecule has 0 fully saturated rings. The minimum absolute atomic E-state index is 0.224. The Hall–Kier alpha value is -3.46. The van der Waals surface area contributed by atoms with Gasteiger partial charge in [-0.15, -0.1) is 0 Å². The molecule has 2 amide bonds. The number of nitrogens with zero attached hydrogens (tertiary/aromatic N) is 4. The van der Waals surface area contributed by atoms with Crippen molar-refractivity contribution in [2.24, 2.45) is 4.99 Å². The van der Waals surface area contributed by atoms with E-state index in [2.05, 4.69) is 15.3 Å². The molecule has 0 spiro atoms. The molecule has 0 saturated heterocycles. The number of likely N-dealkylation sites (N-methyl/N-ethyl adjacent to an activating group) is 1. The van der Waals surface area contributed by atoms with E-state index in [4.69, 9.17) is 0 Å². The summed E-state index contributed by atoms with van der Waals surface area (Å²) in [6, 6.07) is 13.4. The summed E-state index contributed by atoms with van der Waals surface area (Å²) in [4.78, 5) is 36.3. The van der Waals surface area contributed by atoms with E-state index in [1.54, 1.807) is 67.5 Å². The molecule has 1 N–H and O–H groups in total. The maximum absolute atomic E-state index is 14.7. The van der Waals surface area contributed by atoms with Gasteiger partial charge >= 0.3 is 0 Å². The SMILES string of the molecule is CN1C(=O)C(NC(=O)c2cn3c(n2)SCC3)N=C(c2ccccc2F)c2ccccc21. The number of hydrogen-bond donors (Lipinski definition) is 1. The molecule has 0 saturated carbocycles. The van der Waals surface area contributed by atoms with Crippen molar-refractivity contribution in [3.8, 4) is 0 Å². The Kier molecular flexibility index (Phi) is 4.82. The van der Waals surface area contributed by atoms with E-state index in [9.17, 15) is 14.0 Å². The van der Waals surface area contributed by atoms with E-state index in [1.807, 2.05) is 4.57 Å². The molecule has 1 aromatic heterocycles. The van der Waals surface area contributed by atoms with Gasteiger partial charge in [0.2, 0.25) is 6.17 Å². The van der Waals surface area contributed by atoms with Gasteiger partial charge in [-0.2, -0.15) is 0 Å². The Labute approximate surface area is 182 Å². The molecule has 3 aromatic rings. The van der Waals surface area contributed by atoms with Gasteiger partial charge in [-0.1, -0.05) is 42.1 Å². The van der Waals surface area contributed by atoms with E-state index in [0.29, 0.717) is 17.0 Å². The van der Waals surface area contributed by atoms with Crippen LogP contribution in [0.2, 0.25) is 0 Å². The number of imidazole rings is 1. The molecule has 2 aliphatic rings. The third-order valence-electron chi connectivity index (χ3n) is 5.28. The number of para-hydroxylation sites is 1. The number of carbonyl (C=O) groups excluding carboxylic acids is 2. The van der Waals surface area contributed by atoms with Gasteiger partial charge in [-0.05, 0) is 18.2 Å². The number of carbonyl (C=O) groups is 2. The fourth-order valence-corrected chi connectivity index (χ4v) is 4.64. The summed E-state index contributed by atoms with van der Waals surface area (Å²) in [5.41, 5.74) is 1.98. The first-order chi connectivity index (χ1) is 15.0. The Morgan fingerprint density at radius 2 is 1.90 bits per heavy atom. The zero-order valence-corrected chi connectivity index (χ0v) is 17.4. The standard InChI is InChI=1S/C22H18FN5O2S/c1-27-17-9-5-3-7-14(17)18(13-6-2-4-8-15(13)23)25-19(21(27)30)26-20(29)16-12-28-10-11-31-22(28)24-16/h2-9,12,19H,10-11H2,1H3,(H,26,29). The third-order valence-corrected chi connectivity index (χ3v) is 6.25. The van der Waals surface area contributed by atoms with Crippen molar-refractivity contribution in [1.29, 1.82) is 0 Å². The average molecular weight is 435 g/mol. The van der Waals surface area contributed by atoms with Gasteiger partial charge in [0.25, 0.3) is 11.8 Å². The summed E-state index contributed by atoms with van der Waals surface area (Å²) in [6.07, 6.45) is 0.454. The molecule has 1 unspecified atom stereocenters. The number of benzene rings is 2. The van der Waals surface area contributed by atoms with Gasteiger partial charge in [-0.3, -0.25) is 9.59 Å². The highest BCUT2D eigenvalue weighted by molar-refractivity contribution is 7.99. The number of thioether (sulfide) groups is 1. The lowest BCUT2D eigenvalue weighted by Crippen LogP contribution is -2.46. The summed E-state index contributed by atoms with van der Waals surface area (Å²) >= 11 is 1.57. The van der Waals surface area contributed by atoms with Crippen LogP contribution in [0, 0.1) is 5.82 Å². The molecule has 1 atom stereocenters. The highest BCUT2D eigenvalue weighted by Gasteiger charge is 2.32. The number of aliphatic imine (C=N–C) groups is 1. The molecule has 0 radical (unpaired) electrons. The van der Waals surface area contributed by atoms with Crippen molar-refractivity contribution in [3.63, 3.8) is 0 Å². The fraction of sp³-hybridized carbons (Fsp3) is 0.182. The van der Waals surface area contributed by atoms with Crippen molar-refractivity contribution in [2.45, 2.75) is 17.9 Å². The first-order valence-corrected chi connectivity index (χ1v) is 10.7. The Bertz CT molecular complexity index is 1220. The largest absolute Gasteiger partial charge is 0.324 e. The van der Waals surface area contributed by atoms with Crippen molar-refractivity contribution >= 4 is 35.0 Å². The lowest BCUT2D eigenvalue weighted by atomic mass is 10.00. The summed E-state index contributed by atoms with van der Waals surface area (Å²) in [5.74, 6) is -0.462. The number of hydrogen-bond acceptors (Lipinski definition) is 5. The summed E-state index contributed by atoms with van der Waals surface area (Å²) in [7, 11) is 1.61. The second kappa shape index (κ2) is 7.66. The van der Waals surface area contributed by atoms with E-state index >= 15 is 0 Å². The maximum Gasteiger partial charge on any atom is 0.273 e.